The van der Waals surface area contributed by atoms with E-state index in [2.05, 4.69) is 10.2 Å². The van der Waals surface area contributed by atoms with Crippen LogP contribution in [0.5, 0.6) is 0 Å². The Morgan fingerprint density at radius 1 is 1.36 bits per heavy atom. The number of amides is 2. The molecule has 7 heteroatoms. The maximum absolute atomic E-state index is 15.1. The van der Waals surface area contributed by atoms with Gasteiger partial charge in [0.1, 0.15) is 5.83 Å². The maximum atomic E-state index is 15.1. The molecule has 0 aromatic heterocycles. The Bertz CT molecular complexity index is 613. The Hall–Kier alpha value is -1.79. The minimum atomic E-state index is -0.460. The van der Waals surface area contributed by atoms with Gasteiger partial charge in [-0.1, -0.05) is 0 Å². The summed E-state index contributed by atoms with van der Waals surface area (Å²) in [5.41, 5.74) is 0.843. The average Bonchev–Trinajstić information content (AvgIpc) is 3.13. The molecule has 4 heterocycles. The number of fused-ring (bicyclic) bond motifs is 2. The number of carbonyl (C=O) groups excluding carboxylic acids is 2. The van der Waals surface area contributed by atoms with E-state index in [0.29, 0.717) is 25.9 Å². The highest BCUT2D eigenvalue weighted by Gasteiger charge is 2.48. The normalized spacial score (nSPS) is 30.9. The Kier molecular flexibility index (Phi) is 4.12. The third kappa shape index (κ3) is 2.77. The van der Waals surface area contributed by atoms with E-state index in [4.69, 9.17) is 4.74 Å². The topological polar surface area (TPSA) is 61.9 Å². The Morgan fingerprint density at radius 3 is 2.76 bits per heavy atom. The van der Waals surface area contributed by atoms with Gasteiger partial charge in [0.25, 0.3) is 0 Å². The number of carbonyl (C=O) groups is 2. The molecule has 4 aliphatic rings. The van der Waals surface area contributed by atoms with Crippen LogP contribution in [0, 0.1) is 5.41 Å². The van der Waals surface area contributed by atoms with E-state index in [-0.39, 0.29) is 23.2 Å². The second-order valence-electron chi connectivity index (χ2n) is 7.79. The SMILES string of the molecule is CCOC(=O)N1C2CCC1C(F)=C(N1CCC3(CC1)CNC(=O)C3)C2. The Morgan fingerprint density at radius 2 is 2.12 bits per heavy atom. The van der Waals surface area contributed by atoms with E-state index in [1.165, 1.54) is 0 Å². The standard InChI is InChI=1S/C18H26FN3O3/c1-2-25-17(24)22-12-3-4-13(22)16(19)14(9-12)21-7-5-18(6-8-21)10-15(23)20-11-18/h12-13H,2-11H2,1H3,(H,20,23). The highest BCUT2D eigenvalue weighted by atomic mass is 19.1. The van der Waals surface area contributed by atoms with Crippen molar-refractivity contribution in [2.75, 3.05) is 26.2 Å². The van der Waals surface area contributed by atoms with Crippen LogP contribution in [-0.2, 0) is 9.53 Å². The van der Waals surface area contributed by atoms with Gasteiger partial charge in [-0.05, 0) is 38.0 Å². The summed E-state index contributed by atoms with van der Waals surface area (Å²) in [6, 6.07) is -0.414. The number of halogens is 1. The molecule has 0 saturated carbocycles. The minimum absolute atomic E-state index is 0.0455. The molecule has 0 aromatic carbocycles. The summed E-state index contributed by atoms with van der Waals surface area (Å²) in [6.07, 6.45) is 4.12. The van der Waals surface area contributed by atoms with Crippen LogP contribution in [0.15, 0.2) is 11.5 Å². The fourth-order valence-corrected chi connectivity index (χ4v) is 4.96. The van der Waals surface area contributed by atoms with Gasteiger partial charge < -0.3 is 15.0 Å². The minimum Gasteiger partial charge on any atom is -0.450 e. The van der Waals surface area contributed by atoms with Crippen molar-refractivity contribution >= 4 is 12.0 Å². The molecule has 0 aliphatic carbocycles. The maximum Gasteiger partial charge on any atom is 0.410 e. The number of nitrogens with one attached hydrogen (secondary N) is 1. The summed E-state index contributed by atoms with van der Waals surface area (Å²) in [6.45, 7) is 4.41. The number of nitrogens with zero attached hydrogens (tertiary/aromatic N) is 2. The summed E-state index contributed by atoms with van der Waals surface area (Å²) >= 11 is 0. The first-order valence-electron chi connectivity index (χ1n) is 9.38. The zero-order valence-corrected chi connectivity index (χ0v) is 14.7. The van der Waals surface area contributed by atoms with E-state index in [1.54, 1.807) is 11.8 Å². The van der Waals surface area contributed by atoms with Gasteiger partial charge in [0, 0.05) is 44.2 Å². The van der Waals surface area contributed by atoms with Crippen molar-refractivity contribution in [2.24, 2.45) is 5.41 Å². The molecule has 6 nitrogen and oxygen atoms in total. The first-order chi connectivity index (χ1) is 12.0. The lowest BCUT2D eigenvalue weighted by Crippen LogP contribution is -2.49. The van der Waals surface area contributed by atoms with Crippen molar-refractivity contribution in [3.8, 4) is 0 Å². The fraction of sp³-hybridized carbons (Fsp3) is 0.778. The number of ether oxygens (including phenoxy) is 1. The molecule has 138 valence electrons. The second kappa shape index (κ2) is 6.18. The molecule has 0 radical (unpaired) electrons. The molecule has 3 saturated heterocycles. The second-order valence-corrected chi connectivity index (χ2v) is 7.79. The van der Waals surface area contributed by atoms with E-state index < -0.39 is 12.1 Å². The zero-order valence-electron chi connectivity index (χ0n) is 14.7. The number of hydrogen-bond donors (Lipinski definition) is 1. The lowest BCUT2D eigenvalue weighted by atomic mass is 9.77. The van der Waals surface area contributed by atoms with Gasteiger partial charge in [-0.3, -0.25) is 9.69 Å². The number of rotatable bonds is 2. The summed E-state index contributed by atoms with van der Waals surface area (Å²) in [5.74, 6) is -0.0157. The molecule has 2 unspecified atom stereocenters. The lowest BCUT2D eigenvalue weighted by Gasteiger charge is -2.43. The van der Waals surface area contributed by atoms with Crippen LogP contribution < -0.4 is 5.32 Å². The zero-order chi connectivity index (χ0) is 17.6. The lowest BCUT2D eigenvalue weighted by molar-refractivity contribution is -0.119. The molecular weight excluding hydrogens is 325 g/mol. The molecule has 1 spiro atoms. The molecule has 2 amide bonds. The highest BCUT2D eigenvalue weighted by molar-refractivity contribution is 5.79. The van der Waals surface area contributed by atoms with Crippen molar-refractivity contribution in [1.82, 2.24) is 15.1 Å². The monoisotopic (exact) mass is 351 g/mol. The van der Waals surface area contributed by atoms with Crippen LogP contribution in [0.25, 0.3) is 0 Å². The van der Waals surface area contributed by atoms with E-state index in [9.17, 15) is 9.59 Å². The first kappa shape index (κ1) is 16.7. The van der Waals surface area contributed by atoms with Gasteiger partial charge >= 0.3 is 6.09 Å². The highest BCUT2D eigenvalue weighted by Crippen LogP contribution is 2.44. The molecule has 3 fully saturated rings. The van der Waals surface area contributed by atoms with Crippen LogP contribution >= 0.6 is 0 Å². The number of hydrogen-bond acceptors (Lipinski definition) is 4. The molecule has 4 aliphatic heterocycles. The van der Waals surface area contributed by atoms with Gasteiger partial charge in [0.05, 0.1) is 12.6 Å². The molecule has 1 N–H and O–H groups in total. The van der Waals surface area contributed by atoms with Crippen molar-refractivity contribution in [3.63, 3.8) is 0 Å². The van der Waals surface area contributed by atoms with Gasteiger partial charge in [-0.25, -0.2) is 9.18 Å². The summed E-state index contributed by atoms with van der Waals surface area (Å²) in [5, 5.41) is 2.94. The fourth-order valence-electron chi connectivity index (χ4n) is 4.96. The summed E-state index contributed by atoms with van der Waals surface area (Å²) < 4.78 is 20.2. The van der Waals surface area contributed by atoms with Crippen molar-refractivity contribution in [1.29, 1.82) is 0 Å². The number of likely N-dealkylation sites (tertiary alicyclic amines) is 1. The van der Waals surface area contributed by atoms with E-state index in [0.717, 1.165) is 44.6 Å². The quantitative estimate of drug-likeness (QED) is 0.828. The Labute approximate surface area is 147 Å². The molecule has 2 atom stereocenters. The predicted molar refractivity (Wildman–Crippen MR) is 89.3 cm³/mol. The average molecular weight is 351 g/mol. The number of piperidine rings is 1. The van der Waals surface area contributed by atoms with Crippen LogP contribution in [0.2, 0.25) is 0 Å². The van der Waals surface area contributed by atoms with Gasteiger partial charge in [0.15, 0.2) is 0 Å². The van der Waals surface area contributed by atoms with Crippen LogP contribution in [0.1, 0.15) is 45.4 Å². The van der Waals surface area contributed by atoms with Gasteiger partial charge in [-0.15, -0.1) is 0 Å². The molecule has 25 heavy (non-hydrogen) atoms. The van der Waals surface area contributed by atoms with Crippen molar-refractivity contribution < 1.29 is 18.7 Å². The summed E-state index contributed by atoms with van der Waals surface area (Å²) in [4.78, 5) is 27.5. The summed E-state index contributed by atoms with van der Waals surface area (Å²) in [7, 11) is 0. The van der Waals surface area contributed by atoms with Crippen LogP contribution in [0.3, 0.4) is 0 Å². The van der Waals surface area contributed by atoms with Crippen LogP contribution in [0.4, 0.5) is 9.18 Å². The largest absolute Gasteiger partial charge is 0.450 e. The Balaban J connectivity index is 1.47. The third-order valence-electron chi connectivity index (χ3n) is 6.38. The first-order valence-corrected chi connectivity index (χ1v) is 9.38. The molecule has 0 aromatic rings. The molecule has 2 bridgehead atoms. The van der Waals surface area contributed by atoms with Gasteiger partial charge in [-0.2, -0.15) is 0 Å². The molecular formula is C18H26FN3O3. The molecule has 4 rings (SSSR count). The smallest absolute Gasteiger partial charge is 0.410 e. The van der Waals surface area contributed by atoms with Crippen molar-refractivity contribution in [2.45, 2.75) is 57.5 Å². The van der Waals surface area contributed by atoms with Crippen LogP contribution in [-0.4, -0.2) is 60.1 Å². The predicted octanol–water partition coefficient (Wildman–Crippen LogP) is 2.16. The van der Waals surface area contributed by atoms with Crippen molar-refractivity contribution in [3.05, 3.63) is 11.5 Å². The van der Waals surface area contributed by atoms with E-state index in [1.807, 2.05) is 0 Å². The third-order valence-corrected chi connectivity index (χ3v) is 6.38. The van der Waals surface area contributed by atoms with E-state index >= 15 is 4.39 Å². The van der Waals surface area contributed by atoms with Gasteiger partial charge in [0.2, 0.25) is 5.91 Å².